The van der Waals surface area contributed by atoms with Crippen molar-refractivity contribution >= 4 is 5.78 Å². The lowest BCUT2D eigenvalue weighted by molar-refractivity contribution is -0.134. The lowest BCUT2D eigenvalue weighted by Crippen LogP contribution is -2.28. The molecule has 76 valence electrons. The average Bonchev–Trinajstić information content (AvgIpc) is 2.65. The van der Waals surface area contributed by atoms with Crippen molar-refractivity contribution in [2.75, 3.05) is 6.61 Å². The number of rotatable bonds is 5. The molecule has 0 N–H and O–H groups in total. The molecule has 0 amide bonds. The summed E-state index contributed by atoms with van der Waals surface area (Å²) in [5, 5.41) is 0. The second kappa shape index (κ2) is 5.38. The van der Waals surface area contributed by atoms with Crippen molar-refractivity contribution in [3.05, 3.63) is 0 Å². The molecule has 0 saturated heterocycles. The highest BCUT2D eigenvalue weighted by molar-refractivity contribution is 5.85. The van der Waals surface area contributed by atoms with E-state index in [-0.39, 0.29) is 6.10 Å². The number of ketones is 1. The molecule has 1 aliphatic carbocycles. The zero-order valence-electron chi connectivity index (χ0n) is 8.71. The minimum absolute atomic E-state index is 0.131. The summed E-state index contributed by atoms with van der Waals surface area (Å²) in [6.45, 7) is 4.62. The molecule has 0 aromatic carbocycles. The lowest BCUT2D eigenvalue weighted by Gasteiger charge is -2.17. The van der Waals surface area contributed by atoms with E-state index in [2.05, 4.69) is 0 Å². The van der Waals surface area contributed by atoms with E-state index in [1.165, 1.54) is 12.8 Å². The summed E-state index contributed by atoms with van der Waals surface area (Å²) in [6.07, 6.45) is 5.31. The van der Waals surface area contributed by atoms with Crippen LogP contribution in [0.25, 0.3) is 0 Å². The fraction of sp³-hybridized carbons (Fsp3) is 0.909. The smallest absolute Gasteiger partial charge is 0.164 e. The summed E-state index contributed by atoms with van der Waals surface area (Å²) in [6, 6.07) is 0. The van der Waals surface area contributed by atoms with E-state index in [4.69, 9.17) is 4.74 Å². The van der Waals surface area contributed by atoms with Gasteiger partial charge in [-0.1, -0.05) is 19.8 Å². The molecule has 0 aromatic rings. The first-order valence-electron chi connectivity index (χ1n) is 5.44. The molecule has 2 nitrogen and oxygen atoms in total. The molecular formula is C11H20O2. The van der Waals surface area contributed by atoms with E-state index in [1.54, 1.807) is 0 Å². The topological polar surface area (TPSA) is 26.3 Å². The molecule has 0 aromatic heterocycles. The fourth-order valence-corrected chi connectivity index (χ4v) is 2.08. The Balaban J connectivity index is 2.42. The van der Waals surface area contributed by atoms with Crippen molar-refractivity contribution in [2.24, 2.45) is 5.92 Å². The maximum atomic E-state index is 11.8. The first-order valence-corrected chi connectivity index (χ1v) is 5.44. The molecule has 0 spiro atoms. The molecule has 1 atom stereocenters. The Hall–Kier alpha value is -0.370. The van der Waals surface area contributed by atoms with Crippen LogP contribution < -0.4 is 0 Å². The predicted molar refractivity (Wildman–Crippen MR) is 52.7 cm³/mol. The highest BCUT2D eigenvalue weighted by Gasteiger charge is 2.28. The van der Waals surface area contributed by atoms with Crippen LogP contribution in [-0.4, -0.2) is 18.5 Å². The summed E-state index contributed by atoms with van der Waals surface area (Å²) in [4.78, 5) is 11.8. The number of carbonyl (C=O) groups excluding carboxylic acids is 1. The highest BCUT2D eigenvalue weighted by atomic mass is 16.5. The van der Waals surface area contributed by atoms with Crippen molar-refractivity contribution in [3.63, 3.8) is 0 Å². The molecule has 1 saturated carbocycles. The molecule has 1 rings (SSSR count). The third-order valence-electron chi connectivity index (χ3n) is 2.81. The number of Topliss-reactive ketones (excluding diaryl/α,β-unsaturated/α-hetero) is 1. The van der Waals surface area contributed by atoms with E-state index in [0.717, 1.165) is 19.3 Å². The predicted octanol–water partition coefficient (Wildman–Crippen LogP) is 2.56. The average molecular weight is 184 g/mol. The molecule has 1 aliphatic rings. The quantitative estimate of drug-likeness (QED) is 0.656. The Morgan fingerprint density at radius 1 is 1.38 bits per heavy atom. The standard InChI is InChI=1S/C11H20O2/c1-3-10(13-4-2)11(12)9-7-5-6-8-9/h9-10H,3-8H2,1-2H3. The van der Waals surface area contributed by atoms with Crippen molar-refractivity contribution in [3.8, 4) is 0 Å². The lowest BCUT2D eigenvalue weighted by atomic mass is 9.97. The molecule has 0 radical (unpaired) electrons. The molecule has 0 heterocycles. The molecule has 0 bridgehead atoms. The Morgan fingerprint density at radius 3 is 2.46 bits per heavy atom. The first kappa shape index (κ1) is 10.7. The summed E-state index contributed by atoms with van der Waals surface area (Å²) in [5.41, 5.74) is 0. The van der Waals surface area contributed by atoms with Crippen molar-refractivity contribution in [1.82, 2.24) is 0 Å². The van der Waals surface area contributed by atoms with E-state index in [1.807, 2.05) is 13.8 Å². The number of carbonyl (C=O) groups is 1. The van der Waals surface area contributed by atoms with Crippen molar-refractivity contribution in [1.29, 1.82) is 0 Å². The molecule has 1 fully saturated rings. The Bertz CT molecular complexity index is 159. The van der Waals surface area contributed by atoms with Gasteiger partial charge >= 0.3 is 0 Å². The van der Waals surface area contributed by atoms with Crippen LogP contribution in [0.3, 0.4) is 0 Å². The summed E-state index contributed by atoms with van der Waals surface area (Å²) >= 11 is 0. The van der Waals surface area contributed by atoms with Gasteiger partial charge in [0.25, 0.3) is 0 Å². The molecule has 2 heteroatoms. The van der Waals surface area contributed by atoms with E-state index >= 15 is 0 Å². The van der Waals surface area contributed by atoms with Gasteiger partial charge in [-0.3, -0.25) is 4.79 Å². The Kier molecular flexibility index (Phi) is 4.43. The van der Waals surface area contributed by atoms with E-state index in [9.17, 15) is 4.79 Å². The van der Waals surface area contributed by atoms with Gasteiger partial charge in [0.2, 0.25) is 0 Å². The number of hydrogen-bond acceptors (Lipinski definition) is 2. The largest absolute Gasteiger partial charge is 0.371 e. The van der Waals surface area contributed by atoms with Crippen LogP contribution in [0.1, 0.15) is 46.0 Å². The van der Waals surface area contributed by atoms with Crippen LogP contribution in [0.5, 0.6) is 0 Å². The van der Waals surface area contributed by atoms with Gasteiger partial charge in [0.15, 0.2) is 5.78 Å². The normalized spacial score (nSPS) is 20.5. The van der Waals surface area contributed by atoms with Crippen LogP contribution in [0.2, 0.25) is 0 Å². The highest BCUT2D eigenvalue weighted by Crippen LogP contribution is 2.27. The van der Waals surface area contributed by atoms with Gasteiger partial charge < -0.3 is 4.74 Å². The van der Waals surface area contributed by atoms with Gasteiger partial charge in [-0.25, -0.2) is 0 Å². The monoisotopic (exact) mass is 184 g/mol. The van der Waals surface area contributed by atoms with E-state index in [0.29, 0.717) is 18.3 Å². The molecule has 13 heavy (non-hydrogen) atoms. The van der Waals surface area contributed by atoms with Gasteiger partial charge in [-0.15, -0.1) is 0 Å². The van der Waals surface area contributed by atoms with Gasteiger partial charge in [-0.2, -0.15) is 0 Å². The van der Waals surface area contributed by atoms with Crippen LogP contribution in [-0.2, 0) is 9.53 Å². The first-order chi connectivity index (χ1) is 6.29. The third kappa shape index (κ3) is 2.80. The Morgan fingerprint density at radius 2 is 2.00 bits per heavy atom. The third-order valence-corrected chi connectivity index (χ3v) is 2.81. The van der Waals surface area contributed by atoms with Gasteiger partial charge in [-0.05, 0) is 26.2 Å². The summed E-state index contributed by atoms with van der Waals surface area (Å²) < 4.78 is 5.42. The molecule has 1 unspecified atom stereocenters. The van der Waals surface area contributed by atoms with Gasteiger partial charge in [0.1, 0.15) is 6.10 Å². The molecule has 0 aliphatic heterocycles. The maximum Gasteiger partial charge on any atom is 0.164 e. The Labute approximate surface area is 80.7 Å². The van der Waals surface area contributed by atoms with Crippen molar-refractivity contribution < 1.29 is 9.53 Å². The number of hydrogen-bond donors (Lipinski definition) is 0. The van der Waals surface area contributed by atoms with E-state index < -0.39 is 0 Å². The van der Waals surface area contributed by atoms with Crippen LogP contribution in [0.4, 0.5) is 0 Å². The second-order valence-electron chi connectivity index (χ2n) is 3.74. The minimum Gasteiger partial charge on any atom is -0.371 e. The fourth-order valence-electron chi connectivity index (χ4n) is 2.08. The SMILES string of the molecule is CCOC(CC)C(=O)C1CCCC1. The zero-order chi connectivity index (χ0) is 9.68. The summed E-state index contributed by atoms with van der Waals surface area (Å²) in [7, 11) is 0. The van der Waals surface area contributed by atoms with Crippen LogP contribution in [0, 0.1) is 5.92 Å². The van der Waals surface area contributed by atoms with Crippen LogP contribution in [0.15, 0.2) is 0 Å². The van der Waals surface area contributed by atoms with Gasteiger partial charge in [0, 0.05) is 12.5 Å². The second-order valence-corrected chi connectivity index (χ2v) is 3.74. The number of ether oxygens (including phenoxy) is 1. The molecular weight excluding hydrogens is 164 g/mol. The van der Waals surface area contributed by atoms with Crippen LogP contribution >= 0.6 is 0 Å². The van der Waals surface area contributed by atoms with Crippen molar-refractivity contribution in [2.45, 2.75) is 52.1 Å². The summed E-state index contributed by atoms with van der Waals surface area (Å²) in [5.74, 6) is 0.651. The maximum absolute atomic E-state index is 11.8. The minimum atomic E-state index is -0.131. The van der Waals surface area contributed by atoms with Gasteiger partial charge in [0.05, 0.1) is 0 Å². The zero-order valence-corrected chi connectivity index (χ0v) is 8.71.